The van der Waals surface area contributed by atoms with Gasteiger partial charge in [0.05, 0.1) is 6.04 Å². The van der Waals surface area contributed by atoms with Crippen molar-refractivity contribution in [3.05, 3.63) is 70.2 Å². The fourth-order valence-electron chi connectivity index (χ4n) is 2.45. The van der Waals surface area contributed by atoms with Gasteiger partial charge in [-0.2, -0.15) is 0 Å². The summed E-state index contributed by atoms with van der Waals surface area (Å²) in [6.45, 7) is 6.35. The van der Waals surface area contributed by atoms with Gasteiger partial charge < -0.3 is 5.32 Å². The number of benzene rings is 2. The van der Waals surface area contributed by atoms with Crippen LogP contribution in [-0.4, -0.2) is 5.91 Å². The second-order valence-corrected chi connectivity index (χ2v) is 6.24. The molecule has 1 amide bonds. The summed E-state index contributed by atoms with van der Waals surface area (Å²) in [4.78, 5) is 12.4. The van der Waals surface area contributed by atoms with Crippen LogP contribution in [0.5, 0.6) is 0 Å². The molecule has 2 rings (SSSR count). The predicted molar refractivity (Wildman–Crippen MR) is 92.3 cm³/mol. The van der Waals surface area contributed by atoms with Crippen molar-refractivity contribution in [2.45, 2.75) is 33.2 Å². The number of carbonyl (C=O) groups is 1. The minimum Gasteiger partial charge on any atom is -0.345 e. The second kappa shape index (κ2) is 7.46. The highest BCUT2D eigenvalue weighted by Crippen LogP contribution is 2.23. The normalized spacial score (nSPS) is 12.2. The van der Waals surface area contributed by atoms with Crippen molar-refractivity contribution in [2.24, 2.45) is 5.92 Å². The molecule has 0 aromatic heterocycles. The summed E-state index contributed by atoms with van der Waals surface area (Å²) >= 11 is 5.96. The van der Waals surface area contributed by atoms with Gasteiger partial charge in [0.1, 0.15) is 0 Å². The minimum atomic E-state index is -0.0965. The maximum absolute atomic E-state index is 12.4. The van der Waals surface area contributed by atoms with Crippen molar-refractivity contribution in [3.8, 4) is 0 Å². The number of nitrogens with one attached hydrogen (secondary N) is 1. The molecule has 0 aliphatic rings. The second-order valence-electron chi connectivity index (χ2n) is 5.80. The van der Waals surface area contributed by atoms with Crippen LogP contribution in [-0.2, 0) is 6.42 Å². The summed E-state index contributed by atoms with van der Waals surface area (Å²) in [6.07, 6.45) is 1.02. The molecule has 0 saturated heterocycles. The number of hydrogen-bond acceptors (Lipinski definition) is 1. The van der Waals surface area contributed by atoms with Crippen molar-refractivity contribution in [1.29, 1.82) is 0 Å². The lowest BCUT2D eigenvalue weighted by atomic mass is 9.94. The van der Waals surface area contributed by atoms with Gasteiger partial charge in [-0.05, 0) is 41.7 Å². The summed E-state index contributed by atoms with van der Waals surface area (Å²) in [6, 6.07) is 15.4. The van der Waals surface area contributed by atoms with E-state index in [2.05, 4.69) is 50.4 Å². The first-order valence-electron chi connectivity index (χ1n) is 7.66. The van der Waals surface area contributed by atoms with Gasteiger partial charge in [-0.1, -0.05) is 62.7 Å². The Morgan fingerprint density at radius 2 is 1.82 bits per heavy atom. The SMILES string of the molecule is CCc1ccc([C@@H](NC(=O)c2cccc(Cl)c2)C(C)C)cc1. The van der Waals surface area contributed by atoms with Crippen LogP contribution in [0.3, 0.4) is 0 Å². The van der Waals surface area contributed by atoms with Crippen LogP contribution >= 0.6 is 11.6 Å². The Morgan fingerprint density at radius 3 is 2.36 bits per heavy atom. The molecule has 0 spiro atoms. The Labute approximate surface area is 137 Å². The first-order chi connectivity index (χ1) is 10.5. The molecule has 3 heteroatoms. The van der Waals surface area contributed by atoms with Gasteiger partial charge in [0.2, 0.25) is 0 Å². The fourth-order valence-corrected chi connectivity index (χ4v) is 2.64. The highest BCUT2D eigenvalue weighted by Gasteiger charge is 2.19. The van der Waals surface area contributed by atoms with Gasteiger partial charge in [0, 0.05) is 10.6 Å². The Morgan fingerprint density at radius 1 is 1.14 bits per heavy atom. The summed E-state index contributed by atoms with van der Waals surface area (Å²) in [5.74, 6) is 0.205. The van der Waals surface area contributed by atoms with Gasteiger partial charge in [-0.15, -0.1) is 0 Å². The predicted octanol–water partition coefficient (Wildman–Crippen LogP) is 5.03. The van der Waals surface area contributed by atoms with E-state index in [1.807, 2.05) is 0 Å². The van der Waals surface area contributed by atoms with E-state index in [1.54, 1.807) is 24.3 Å². The van der Waals surface area contributed by atoms with E-state index in [9.17, 15) is 4.79 Å². The molecule has 0 radical (unpaired) electrons. The summed E-state index contributed by atoms with van der Waals surface area (Å²) in [5.41, 5.74) is 3.01. The van der Waals surface area contributed by atoms with E-state index in [0.29, 0.717) is 16.5 Å². The maximum Gasteiger partial charge on any atom is 0.251 e. The molecule has 1 N–H and O–H groups in total. The number of hydrogen-bond donors (Lipinski definition) is 1. The highest BCUT2D eigenvalue weighted by atomic mass is 35.5. The van der Waals surface area contributed by atoms with Gasteiger partial charge >= 0.3 is 0 Å². The van der Waals surface area contributed by atoms with Crippen molar-refractivity contribution < 1.29 is 4.79 Å². The third kappa shape index (κ3) is 4.11. The van der Waals surface area contributed by atoms with E-state index < -0.39 is 0 Å². The standard InChI is InChI=1S/C19H22ClNO/c1-4-14-8-10-15(11-9-14)18(13(2)3)21-19(22)16-6-5-7-17(20)12-16/h5-13,18H,4H2,1-3H3,(H,21,22)/t18-/m0/s1. The molecule has 0 unspecified atom stereocenters. The zero-order valence-electron chi connectivity index (χ0n) is 13.3. The molecule has 2 aromatic carbocycles. The number of rotatable bonds is 5. The molecule has 1 atom stereocenters. The average Bonchev–Trinajstić information content (AvgIpc) is 2.52. The molecule has 0 heterocycles. The number of carbonyl (C=O) groups excluding carboxylic acids is 1. The molecule has 2 nitrogen and oxygen atoms in total. The minimum absolute atomic E-state index is 0.0163. The molecule has 0 aliphatic carbocycles. The highest BCUT2D eigenvalue weighted by molar-refractivity contribution is 6.30. The smallest absolute Gasteiger partial charge is 0.251 e. The van der Waals surface area contributed by atoms with Crippen LogP contribution in [0.4, 0.5) is 0 Å². The summed E-state index contributed by atoms with van der Waals surface area (Å²) < 4.78 is 0. The molecule has 0 saturated carbocycles. The van der Waals surface area contributed by atoms with Crippen molar-refractivity contribution >= 4 is 17.5 Å². The Bertz CT molecular complexity index is 634. The lowest BCUT2D eigenvalue weighted by molar-refractivity contribution is 0.0925. The molecule has 0 fully saturated rings. The molecule has 2 aromatic rings. The van der Waals surface area contributed by atoms with Crippen molar-refractivity contribution in [1.82, 2.24) is 5.32 Å². The van der Waals surface area contributed by atoms with Crippen LogP contribution < -0.4 is 5.32 Å². The third-order valence-electron chi connectivity index (χ3n) is 3.79. The lowest BCUT2D eigenvalue weighted by Gasteiger charge is -2.23. The van der Waals surface area contributed by atoms with Crippen molar-refractivity contribution in [3.63, 3.8) is 0 Å². The van der Waals surface area contributed by atoms with Crippen LogP contribution in [0, 0.1) is 5.92 Å². The average molecular weight is 316 g/mol. The van der Waals surface area contributed by atoms with E-state index in [-0.39, 0.29) is 11.9 Å². The van der Waals surface area contributed by atoms with Gasteiger partial charge in [0.15, 0.2) is 0 Å². The van der Waals surface area contributed by atoms with Crippen LogP contribution in [0.1, 0.15) is 48.3 Å². The fraction of sp³-hybridized carbons (Fsp3) is 0.316. The van der Waals surface area contributed by atoms with Crippen molar-refractivity contribution in [2.75, 3.05) is 0 Å². The number of aryl methyl sites for hydroxylation is 1. The topological polar surface area (TPSA) is 29.1 Å². The Balaban J connectivity index is 2.19. The third-order valence-corrected chi connectivity index (χ3v) is 4.02. The maximum atomic E-state index is 12.4. The zero-order chi connectivity index (χ0) is 16.1. The van der Waals surface area contributed by atoms with E-state index in [4.69, 9.17) is 11.6 Å². The molecule has 0 bridgehead atoms. The molecule has 0 aliphatic heterocycles. The van der Waals surface area contributed by atoms with E-state index in [0.717, 1.165) is 12.0 Å². The zero-order valence-corrected chi connectivity index (χ0v) is 14.0. The molecule has 116 valence electrons. The lowest BCUT2D eigenvalue weighted by Crippen LogP contribution is -2.31. The van der Waals surface area contributed by atoms with Gasteiger partial charge in [-0.3, -0.25) is 4.79 Å². The van der Waals surface area contributed by atoms with Gasteiger partial charge in [-0.25, -0.2) is 0 Å². The Hall–Kier alpha value is -1.80. The summed E-state index contributed by atoms with van der Waals surface area (Å²) in [7, 11) is 0. The number of halogens is 1. The molecule has 22 heavy (non-hydrogen) atoms. The van der Waals surface area contributed by atoms with Crippen LogP contribution in [0.15, 0.2) is 48.5 Å². The first-order valence-corrected chi connectivity index (χ1v) is 8.04. The van der Waals surface area contributed by atoms with Gasteiger partial charge in [0.25, 0.3) is 5.91 Å². The molecular weight excluding hydrogens is 294 g/mol. The van der Waals surface area contributed by atoms with Crippen LogP contribution in [0.2, 0.25) is 5.02 Å². The molecular formula is C19H22ClNO. The van der Waals surface area contributed by atoms with Crippen LogP contribution in [0.25, 0.3) is 0 Å². The summed E-state index contributed by atoms with van der Waals surface area (Å²) in [5, 5.41) is 3.69. The Kier molecular flexibility index (Phi) is 5.62. The largest absolute Gasteiger partial charge is 0.345 e. The quantitative estimate of drug-likeness (QED) is 0.823. The number of amides is 1. The van der Waals surface area contributed by atoms with E-state index >= 15 is 0 Å². The monoisotopic (exact) mass is 315 g/mol. The van der Waals surface area contributed by atoms with E-state index in [1.165, 1.54) is 5.56 Å². The first kappa shape index (κ1) is 16.6.